The highest BCUT2D eigenvalue weighted by Crippen LogP contribution is 2.38. The number of ether oxygens (including phenoxy) is 4. The van der Waals surface area contributed by atoms with Gasteiger partial charge < -0.3 is 29.2 Å². The molecule has 40 heavy (non-hydrogen) atoms. The highest BCUT2D eigenvalue weighted by molar-refractivity contribution is 5.91. The molecule has 10 nitrogen and oxygen atoms in total. The molecule has 3 fully saturated rings. The van der Waals surface area contributed by atoms with Gasteiger partial charge in [0, 0.05) is 43.0 Å². The Bertz CT molecular complexity index is 1350. The Morgan fingerprint density at radius 1 is 1.25 bits per heavy atom. The van der Waals surface area contributed by atoms with Gasteiger partial charge in [-0.15, -0.1) is 0 Å². The molecule has 0 saturated carbocycles. The first kappa shape index (κ1) is 27.8. The monoisotopic (exact) mass is 560 g/mol. The maximum atomic E-state index is 12.5. The van der Waals surface area contributed by atoms with Gasteiger partial charge in [-0.1, -0.05) is 11.8 Å². The van der Waals surface area contributed by atoms with Gasteiger partial charge in [0.25, 0.3) is 0 Å². The molecule has 0 amide bonds. The van der Waals surface area contributed by atoms with Crippen molar-refractivity contribution in [3.05, 3.63) is 47.4 Å². The van der Waals surface area contributed by atoms with Crippen LogP contribution < -0.4 is 15.0 Å². The van der Waals surface area contributed by atoms with E-state index in [2.05, 4.69) is 36.8 Å². The SMILES string of the molecule is Cc1ncccc1C#Cc1cnc(O[C@@H]2CN[C@H](C(=O)OC(=O)C(F)(F)F)C2)c(N2CCOC3(COC3)[C@@H]2C)c1. The van der Waals surface area contributed by atoms with E-state index in [1.165, 1.54) is 0 Å². The Hall–Kier alpha value is -3.73. The van der Waals surface area contributed by atoms with Crippen molar-refractivity contribution in [3.63, 3.8) is 0 Å². The van der Waals surface area contributed by atoms with Gasteiger partial charge in [-0.25, -0.2) is 14.6 Å². The first-order chi connectivity index (χ1) is 19.1. The van der Waals surface area contributed by atoms with Crippen LogP contribution in [0, 0.1) is 18.8 Å². The zero-order valence-corrected chi connectivity index (χ0v) is 21.8. The third-order valence-electron chi connectivity index (χ3n) is 7.21. The lowest BCUT2D eigenvalue weighted by Crippen LogP contribution is -2.68. The lowest BCUT2D eigenvalue weighted by molar-refractivity contribution is -0.228. The highest BCUT2D eigenvalue weighted by atomic mass is 19.4. The van der Waals surface area contributed by atoms with Gasteiger partial charge in [0.1, 0.15) is 23.4 Å². The molecule has 0 unspecified atom stereocenters. The van der Waals surface area contributed by atoms with Crippen LogP contribution >= 0.6 is 0 Å². The van der Waals surface area contributed by atoms with Crippen molar-refractivity contribution < 1.29 is 41.7 Å². The Labute approximate surface area is 228 Å². The minimum Gasteiger partial charge on any atom is -0.471 e. The number of rotatable bonds is 4. The Balaban J connectivity index is 1.37. The predicted octanol–water partition coefficient (Wildman–Crippen LogP) is 1.92. The molecular weight excluding hydrogens is 533 g/mol. The van der Waals surface area contributed by atoms with Crippen LogP contribution in [-0.4, -0.2) is 84.8 Å². The molecule has 3 aliphatic rings. The van der Waals surface area contributed by atoms with Crippen LogP contribution in [-0.2, 0) is 23.8 Å². The van der Waals surface area contributed by atoms with Crippen molar-refractivity contribution in [1.29, 1.82) is 0 Å². The first-order valence-corrected chi connectivity index (χ1v) is 12.7. The fourth-order valence-corrected chi connectivity index (χ4v) is 4.81. The number of nitrogens with one attached hydrogen (secondary N) is 1. The largest absolute Gasteiger partial charge is 0.491 e. The Morgan fingerprint density at radius 2 is 2.05 bits per heavy atom. The van der Waals surface area contributed by atoms with E-state index < -0.39 is 35.9 Å². The van der Waals surface area contributed by atoms with Crippen molar-refractivity contribution in [2.45, 2.75) is 50.2 Å². The third-order valence-corrected chi connectivity index (χ3v) is 7.21. The third kappa shape index (κ3) is 5.74. The molecule has 2 aromatic rings. The number of carbonyl (C=O) groups excluding carboxylic acids is 2. The average Bonchev–Trinajstić information content (AvgIpc) is 3.36. The van der Waals surface area contributed by atoms with E-state index in [0.717, 1.165) is 11.3 Å². The number of anilines is 1. The molecule has 0 aromatic carbocycles. The number of aromatic nitrogens is 2. The van der Waals surface area contributed by atoms with E-state index in [4.69, 9.17) is 14.2 Å². The minimum atomic E-state index is -5.26. The second kappa shape index (κ2) is 11.0. The van der Waals surface area contributed by atoms with Crippen molar-refractivity contribution in [1.82, 2.24) is 15.3 Å². The summed E-state index contributed by atoms with van der Waals surface area (Å²) in [5, 5.41) is 2.75. The van der Waals surface area contributed by atoms with Gasteiger partial charge in [-0.3, -0.25) is 4.98 Å². The van der Waals surface area contributed by atoms with Gasteiger partial charge in [0.15, 0.2) is 0 Å². The fraction of sp³-hybridized carbons (Fsp3) is 0.481. The molecular formula is C27H27F3N4O6. The van der Waals surface area contributed by atoms with Crippen LogP contribution in [0.3, 0.4) is 0 Å². The van der Waals surface area contributed by atoms with Crippen LogP contribution in [0.5, 0.6) is 5.88 Å². The van der Waals surface area contributed by atoms with Crippen LogP contribution in [0.2, 0.25) is 0 Å². The molecule has 212 valence electrons. The first-order valence-electron chi connectivity index (χ1n) is 12.7. The summed E-state index contributed by atoms with van der Waals surface area (Å²) in [5.41, 5.74) is 2.43. The number of halogens is 3. The van der Waals surface area contributed by atoms with Crippen molar-refractivity contribution in [3.8, 4) is 17.7 Å². The quantitative estimate of drug-likeness (QED) is 0.338. The number of hydrogen-bond acceptors (Lipinski definition) is 10. The summed E-state index contributed by atoms with van der Waals surface area (Å²) in [7, 11) is 0. The molecule has 5 heterocycles. The van der Waals surface area contributed by atoms with Crippen molar-refractivity contribution >= 4 is 17.6 Å². The van der Waals surface area contributed by atoms with Gasteiger partial charge in [0.2, 0.25) is 5.88 Å². The molecule has 5 rings (SSSR count). The summed E-state index contributed by atoms with van der Waals surface area (Å²) in [6.45, 7) is 5.98. The Morgan fingerprint density at radius 3 is 2.75 bits per heavy atom. The van der Waals surface area contributed by atoms with Crippen LogP contribution in [0.4, 0.5) is 18.9 Å². The Kier molecular flexibility index (Phi) is 7.67. The lowest BCUT2D eigenvalue weighted by atomic mass is 9.90. The lowest BCUT2D eigenvalue weighted by Gasteiger charge is -2.53. The molecule has 13 heteroatoms. The zero-order chi connectivity index (χ0) is 28.5. The van der Waals surface area contributed by atoms with E-state index >= 15 is 0 Å². The molecule has 0 bridgehead atoms. The predicted molar refractivity (Wildman–Crippen MR) is 133 cm³/mol. The van der Waals surface area contributed by atoms with Crippen LogP contribution in [0.1, 0.15) is 30.2 Å². The minimum absolute atomic E-state index is 0.0105. The van der Waals surface area contributed by atoms with Crippen molar-refractivity contribution in [2.75, 3.05) is 37.8 Å². The molecule has 3 saturated heterocycles. The summed E-state index contributed by atoms with van der Waals surface area (Å²) in [4.78, 5) is 34.1. The number of morpholine rings is 1. The number of alkyl halides is 3. The van der Waals surface area contributed by atoms with Crippen LogP contribution in [0.15, 0.2) is 30.6 Å². The van der Waals surface area contributed by atoms with Gasteiger partial charge in [-0.05, 0) is 32.0 Å². The molecule has 2 aromatic heterocycles. The van der Waals surface area contributed by atoms with Gasteiger partial charge >= 0.3 is 18.1 Å². The number of esters is 2. The van der Waals surface area contributed by atoms with Crippen LogP contribution in [0.25, 0.3) is 0 Å². The number of hydrogen-bond donors (Lipinski definition) is 1. The smallest absolute Gasteiger partial charge is 0.471 e. The standard InChI is InChI=1S/C27H27F3N4O6/c1-16-19(4-3-7-31-16)6-5-18-10-22(34-8-9-38-26(17(34)2)14-37-15-26)23(33-12-18)39-20-11-21(32-13-20)24(35)40-25(36)27(28,29)30/h3-4,7,10,12,17,20-21,32H,8-9,11,13-15H2,1-2H3/t17-,20-,21-/m0/s1. The maximum Gasteiger partial charge on any atom is 0.491 e. The normalized spacial score (nSPS) is 23.6. The molecule has 1 N–H and O–H groups in total. The van der Waals surface area contributed by atoms with Gasteiger partial charge in [-0.2, -0.15) is 13.2 Å². The number of pyridine rings is 2. The summed E-state index contributed by atoms with van der Waals surface area (Å²) in [5.74, 6) is 2.66. The molecule has 0 radical (unpaired) electrons. The van der Waals surface area contributed by atoms with E-state index in [1.807, 2.05) is 32.0 Å². The summed E-state index contributed by atoms with van der Waals surface area (Å²) in [6.07, 6.45) is -2.62. The highest BCUT2D eigenvalue weighted by Gasteiger charge is 2.50. The van der Waals surface area contributed by atoms with Crippen molar-refractivity contribution in [2.24, 2.45) is 0 Å². The molecule has 0 aliphatic carbocycles. The number of nitrogens with zero attached hydrogens (tertiary/aromatic N) is 3. The van der Waals surface area contributed by atoms with Gasteiger partial charge in [0.05, 0.1) is 31.6 Å². The second-order valence-electron chi connectivity index (χ2n) is 9.85. The fourth-order valence-electron chi connectivity index (χ4n) is 4.81. The summed E-state index contributed by atoms with van der Waals surface area (Å²) >= 11 is 0. The molecule has 3 aliphatic heterocycles. The van der Waals surface area contributed by atoms with E-state index in [-0.39, 0.29) is 24.9 Å². The summed E-state index contributed by atoms with van der Waals surface area (Å²) < 4.78 is 59.1. The maximum absolute atomic E-state index is 12.5. The number of carbonyl (C=O) groups is 2. The van der Waals surface area contributed by atoms with E-state index in [1.54, 1.807) is 12.4 Å². The second-order valence-corrected chi connectivity index (χ2v) is 9.85. The number of aryl methyl sites for hydroxylation is 1. The average molecular weight is 561 g/mol. The van der Waals surface area contributed by atoms with E-state index in [0.29, 0.717) is 37.6 Å². The zero-order valence-electron chi connectivity index (χ0n) is 21.8. The topological polar surface area (TPSA) is 112 Å². The summed E-state index contributed by atoms with van der Waals surface area (Å²) in [6, 6.07) is 4.34. The molecule has 1 spiro atoms. The molecule has 3 atom stereocenters. The van der Waals surface area contributed by atoms with E-state index in [9.17, 15) is 22.8 Å².